The number of rotatable bonds is 5. The third-order valence-corrected chi connectivity index (χ3v) is 4.29. The van der Waals surface area contributed by atoms with E-state index in [2.05, 4.69) is 4.98 Å². The number of hydrogen-bond acceptors (Lipinski definition) is 4. The summed E-state index contributed by atoms with van der Waals surface area (Å²) >= 11 is 0. The van der Waals surface area contributed by atoms with Crippen LogP contribution < -0.4 is 0 Å². The fourth-order valence-electron chi connectivity index (χ4n) is 3.05. The Balaban J connectivity index is 2.22. The maximum absolute atomic E-state index is 12.6. The molecule has 0 saturated heterocycles. The Bertz CT molecular complexity index is 861. The van der Waals surface area contributed by atoms with Gasteiger partial charge < -0.3 is 9.72 Å². The number of H-pyrrole nitrogens is 1. The van der Waals surface area contributed by atoms with Gasteiger partial charge in [-0.25, -0.2) is 4.79 Å². The number of aryl methyl sites for hydroxylation is 3. The highest BCUT2D eigenvalue weighted by Gasteiger charge is 2.26. The van der Waals surface area contributed by atoms with Crippen molar-refractivity contribution in [1.82, 2.24) is 4.98 Å². The summed E-state index contributed by atoms with van der Waals surface area (Å²) in [5, 5.41) is 0. The third kappa shape index (κ3) is 3.71. The van der Waals surface area contributed by atoms with Gasteiger partial charge in [-0.2, -0.15) is 0 Å². The lowest BCUT2D eigenvalue weighted by atomic mass is 10.0. The van der Waals surface area contributed by atoms with E-state index in [9.17, 15) is 14.4 Å². The fraction of sp³-hybridized carbons (Fsp3) is 0.350. The van der Waals surface area contributed by atoms with Crippen LogP contribution in [0.3, 0.4) is 0 Å². The largest absolute Gasteiger partial charge is 0.451 e. The van der Waals surface area contributed by atoms with Crippen molar-refractivity contribution in [3.8, 4) is 0 Å². The molecule has 2 rings (SSSR count). The van der Waals surface area contributed by atoms with Crippen LogP contribution >= 0.6 is 0 Å². The summed E-state index contributed by atoms with van der Waals surface area (Å²) in [6.07, 6.45) is -0.954. The predicted octanol–water partition coefficient (Wildman–Crippen LogP) is 3.88. The summed E-state index contributed by atoms with van der Waals surface area (Å²) in [7, 11) is 0. The van der Waals surface area contributed by atoms with E-state index in [4.69, 9.17) is 4.74 Å². The lowest BCUT2D eigenvalue weighted by Crippen LogP contribution is -2.25. The van der Waals surface area contributed by atoms with Gasteiger partial charge in [-0.05, 0) is 58.7 Å². The van der Waals surface area contributed by atoms with Crippen molar-refractivity contribution in [1.29, 1.82) is 0 Å². The van der Waals surface area contributed by atoms with Crippen LogP contribution in [0.2, 0.25) is 0 Å². The van der Waals surface area contributed by atoms with E-state index in [1.165, 1.54) is 13.8 Å². The molecular formula is C20H23NO4. The van der Waals surface area contributed by atoms with Crippen molar-refractivity contribution < 1.29 is 19.1 Å². The number of carbonyl (C=O) groups is 3. The number of aromatic amines is 1. The van der Waals surface area contributed by atoms with Crippen molar-refractivity contribution in [2.45, 2.75) is 47.6 Å². The van der Waals surface area contributed by atoms with E-state index < -0.39 is 12.1 Å². The monoisotopic (exact) mass is 341 g/mol. The van der Waals surface area contributed by atoms with Gasteiger partial charge in [0.1, 0.15) is 0 Å². The molecule has 1 aromatic carbocycles. The third-order valence-electron chi connectivity index (χ3n) is 4.29. The van der Waals surface area contributed by atoms with E-state index in [1.807, 2.05) is 26.0 Å². The van der Waals surface area contributed by atoms with Crippen molar-refractivity contribution >= 4 is 17.5 Å². The highest BCUT2D eigenvalue weighted by Crippen LogP contribution is 2.21. The van der Waals surface area contributed by atoms with Crippen LogP contribution in [0.4, 0.5) is 0 Å². The number of aromatic nitrogens is 1. The van der Waals surface area contributed by atoms with Crippen LogP contribution in [0.15, 0.2) is 18.2 Å². The van der Waals surface area contributed by atoms with Crippen molar-refractivity contribution in [3.63, 3.8) is 0 Å². The second-order valence-corrected chi connectivity index (χ2v) is 6.41. The Morgan fingerprint density at radius 1 is 1.08 bits per heavy atom. The Morgan fingerprint density at radius 3 is 2.24 bits per heavy atom. The van der Waals surface area contributed by atoms with Crippen molar-refractivity contribution in [3.05, 3.63) is 57.4 Å². The molecule has 5 nitrogen and oxygen atoms in total. The molecule has 1 N–H and O–H groups in total. The molecule has 2 aromatic rings. The summed E-state index contributed by atoms with van der Waals surface area (Å²) in [4.78, 5) is 39.6. The molecule has 1 heterocycles. The smallest absolute Gasteiger partial charge is 0.339 e. The number of ether oxygens (including phenoxy) is 1. The highest BCUT2D eigenvalue weighted by molar-refractivity contribution is 6.05. The Morgan fingerprint density at radius 2 is 1.72 bits per heavy atom. The Kier molecular flexibility index (Phi) is 5.26. The molecule has 5 heteroatoms. The second kappa shape index (κ2) is 7.05. The van der Waals surface area contributed by atoms with Crippen LogP contribution in [0.5, 0.6) is 0 Å². The molecule has 0 unspecified atom stereocenters. The maximum Gasteiger partial charge on any atom is 0.339 e. The summed E-state index contributed by atoms with van der Waals surface area (Å²) in [5.41, 5.74) is 4.34. The lowest BCUT2D eigenvalue weighted by Gasteiger charge is -2.13. The molecule has 0 aliphatic carbocycles. The highest BCUT2D eigenvalue weighted by atomic mass is 16.5. The maximum atomic E-state index is 12.6. The van der Waals surface area contributed by atoms with Crippen LogP contribution in [-0.4, -0.2) is 28.6 Å². The quantitative estimate of drug-likeness (QED) is 0.661. The topological polar surface area (TPSA) is 76.2 Å². The first kappa shape index (κ1) is 18.6. The number of Topliss-reactive ketones (excluding diaryl/α,β-unsaturated/α-hetero) is 2. The first-order chi connectivity index (χ1) is 11.6. The van der Waals surface area contributed by atoms with Gasteiger partial charge in [0.25, 0.3) is 0 Å². The van der Waals surface area contributed by atoms with Gasteiger partial charge in [0.2, 0.25) is 5.78 Å². The molecule has 1 atom stereocenters. The molecule has 0 radical (unpaired) electrons. The Hall–Kier alpha value is -2.69. The van der Waals surface area contributed by atoms with Gasteiger partial charge in [-0.15, -0.1) is 0 Å². The van der Waals surface area contributed by atoms with Crippen LogP contribution in [0.1, 0.15) is 67.4 Å². The van der Waals surface area contributed by atoms with Gasteiger partial charge >= 0.3 is 5.97 Å². The fourth-order valence-corrected chi connectivity index (χ4v) is 3.05. The minimum Gasteiger partial charge on any atom is -0.451 e. The number of benzene rings is 1. The summed E-state index contributed by atoms with van der Waals surface area (Å²) < 4.78 is 5.34. The Labute approximate surface area is 147 Å². The zero-order valence-corrected chi connectivity index (χ0v) is 15.4. The zero-order chi connectivity index (χ0) is 18.9. The van der Waals surface area contributed by atoms with Gasteiger partial charge in [0, 0.05) is 11.3 Å². The van der Waals surface area contributed by atoms with Crippen molar-refractivity contribution in [2.24, 2.45) is 0 Å². The first-order valence-electron chi connectivity index (χ1n) is 8.16. The normalized spacial score (nSPS) is 11.9. The molecule has 0 saturated carbocycles. The number of carbonyl (C=O) groups excluding carboxylic acids is 3. The van der Waals surface area contributed by atoms with Crippen LogP contribution in [-0.2, 0) is 4.74 Å². The number of hydrogen-bond donors (Lipinski definition) is 1. The number of esters is 1. The van der Waals surface area contributed by atoms with E-state index in [0.717, 1.165) is 11.1 Å². The van der Waals surface area contributed by atoms with Gasteiger partial charge in [0.05, 0.1) is 11.3 Å². The SMILES string of the molecule is CC(=O)c1c(C)[nH]c(C(=O)[C@@H](C)OC(=O)c2ccc(C)cc2C)c1C. The predicted molar refractivity (Wildman–Crippen MR) is 95.4 cm³/mol. The average Bonchev–Trinajstić information content (AvgIpc) is 2.80. The summed E-state index contributed by atoms with van der Waals surface area (Å²) in [6.45, 7) is 10.2. The van der Waals surface area contributed by atoms with E-state index in [1.54, 1.807) is 19.9 Å². The summed E-state index contributed by atoms with van der Waals surface area (Å²) in [5.74, 6) is -0.998. The second-order valence-electron chi connectivity index (χ2n) is 6.41. The van der Waals surface area contributed by atoms with Gasteiger partial charge in [-0.1, -0.05) is 17.7 Å². The molecule has 0 bridgehead atoms. The van der Waals surface area contributed by atoms with Crippen molar-refractivity contribution in [2.75, 3.05) is 0 Å². The lowest BCUT2D eigenvalue weighted by molar-refractivity contribution is 0.0316. The van der Waals surface area contributed by atoms with Crippen LogP contribution in [0.25, 0.3) is 0 Å². The number of ketones is 2. The molecule has 0 fully saturated rings. The van der Waals surface area contributed by atoms with E-state index in [0.29, 0.717) is 28.1 Å². The molecule has 0 aliphatic rings. The first-order valence-corrected chi connectivity index (χ1v) is 8.16. The molecule has 1 aromatic heterocycles. The van der Waals surface area contributed by atoms with E-state index >= 15 is 0 Å². The molecule has 0 aliphatic heterocycles. The minimum absolute atomic E-state index is 0.106. The number of nitrogens with one attached hydrogen (secondary N) is 1. The average molecular weight is 341 g/mol. The van der Waals surface area contributed by atoms with Gasteiger partial charge in [-0.3, -0.25) is 9.59 Å². The molecule has 25 heavy (non-hydrogen) atoms. The standard InChI is InChI=1S/C20H23NO4/c1-10-7-8-16(11(2)9-10)20(24)25-15(6)19(23)18-12(3)17(14(5)22)13(4)21-18/h7-9,15,21H,1-6H3/t15-/m1/s1. The van der Waals surface area contributed by atoms with E-state index in [-0.39, 0.29) is 11.6 Å². The molecule has 0 amide bonds. The van der Waals surface area contributed by atoms with Crippen LogP contribution in [0, 0.1) is 27.7 Å². The molecule has 132 valence electrons. The molecular weight excluding hydrogens is 318 g/mol. The molecule has 0 spiro atoms. The minimum atomic E-state index is -0.954. The van der Waals surface area contributed by atoms with Gasteiger partial charge in [0.15, 0.2) is 11.9 Å². The summed E-state index contributed by atoms with van der Waals surface area (Å²) in [6, 6.07) is 5.41. The zero-order valence-electron chi connectivity index (χ0n) is 15.4.